The number of hydrogen-bond donors (Lipinski definition) is 1. The normalized spacial score (nSPS) is 44.7. The molecule has 2 nitrogen and oxygen atoms in total. The van der Waals surface area contributed by atoms with Gasteiger partial charge in [0.2, 0.25) is 0 Å². The van der Waals surface area contributed by atoms with Crippen LogP contribution in [-0.4, -0.2) is 19.3 Å². The highest BCUT2D eigenvalue weighted by atomic mass is 16.5. The summed E-state index contributed by atoms with van der Waals surface area (Å²) in [5, 5.41) is 0. The van der Waals surface area contributed by atoms with Gasteiger partial charge in [-0.3, -0.25) is 0 Å². The number of ether oxygens (including phenoxy) is 1. The quantitative estimate of drug-likeness (QED) is 0.613. The molecule has 1 aliphatic heterocycles. The van der Waals surface area contributed by atoms with Gasteiger partial charge in [-0.25, -0.2) is 0 Å². The summed E-state index contributed by atoms with van der Waals surface area (Å²) in [7, 11) is 0. The predicted molar refractivity (Wildman–Crippen MR) is 44.2 cm³/mol. The Hall–Kier alpha value is -0.0800. The highest BCUT2D eigenvalue weighted by Gasteiger charge is 2.65. The van der Waals surface area contributed by atoms with Crippen molar-refractivity contribution in [2.24, 2.45) is 22.5 Å². The Kier molecular flexibility index (Phi) is 1.24. The minimum Gasteiger partial charge on any atom is -0.380 e. The van der Waals surface area contributed by atoms with Crippen molar-refractivity contribution < 1.29 is 4.74 Å². The second kappa shape index (κ2) is 1.80. The Bertz CT molecular complexity index is 184. The lowest BCUT2D eigenvalue weighted by molar-refractivity contribution is -0.120. The van der Waals surface area contributed by atoms with Crippen molar-refractivity contribution in [2.75, 3.05) is 13.2 Å². The summed E-state index contributed by atoms with van der Waals surface area (Å²) in [6, 6.07) is 0.399. The van der Waals surface area contributed by atoms with Crippen molar-refractivity contribution in [2.45, 2.75) is 26.8 Å². The summed E-state index contributed by atoms with van der Waals surface area (Å²) in [5.74, 6) is 0.684. The van der Waals surface area contributed by atoms with Gasteiger partial charge in [0, 0.05) is 11.5 Å². The summed E-state index contributed by atoms with van der Waals surface area (Å²) < 4.78 is 5.23. The SMILES string of the molecule is CC1([C@@H]2[C@@H](N)C2(C)C)COC1. The van der Waals surface area contributed by atoms with Gasteiger partial charge in [-0.1, -0.05) is 20.8 Å². The first kappa shape index (κ1) is 7.56. The first-order chi connectivity index (χ1) is 4.98. The van der Waals surface area contributed by atoms with Gasteiger partial charge in [-0.05, 0) is 11.3 Å². The molecular formula is C9H17NO. The third-order valence-corrected chi connectivity index (χ3v) is 3.53. The smallest absolute Gasteiger partial charge is 0.0545 e. The van der Waals surface area contributed by atoms with Gasteiger partial charge in [-0.15, -0.1) is 0 Å². The van der Waals surface area contributed by atoms with E-state index in [2.05, 4.69) is 20.8 Å². The Morgan fingerprint density at radius 3 is 1.82 bits per heavy atom. The molecule has 11 heavy (non-hydrogen) atoms. The van der Waals surface area contributed by atoms with Crippen molar-refractivity contribution in [1.29, 1.82) is 0 Å². The summed E-state index contributed by atoms with van der Waals surface area (Å²) in [6.07, 6.45) is 0. The van der Waals surface area contributed by atoms with Crippen LogP contribution < -0.4 is 5.73 Å². The van der Waals surface area contributed by atoms with Gasteiger partial charge >= 0.3 is 0 Å². The van der Waals surface area contributed by atoms with E-state index in [0.717, 1.165) is 13.2 Å². The lowest BCUT2D eigenvalue weighted by Gasteiger charge is -2.39. The minimum absolute atomic E-state index is 0.360. The van der Waals surface area contributed by atoms with Gasteiger partial charge in [0.05, 0.1) is 13.2 Å². The average Bonchev–Trinajstić information content (AvgIpc) is 2.29. The van der Waals surface area contributed by atoms with Crippen LogP contribution >= 0.6 is 0 Å². The fourth-order valence-electron chi connectivity index (χ4n) is 2.61. The highest BCUT2D eigenvalue weighted by molar-refractivity contribution is 5.16. The number of nitrogens with two attached hydrogens (primary N) is 1. The zero-order valence-corrected chi connectivity index (χ0v) is 7.55. The largest absolute Gasteiger partial charge is 0.380 e. The molecule has 2 fully saturated rings. The molecule has 1 saturated carbocycles. The molecule has 0 radical (unpaired) electrons. The van der Waals surface area contributed by atoms with E-state index >= 15 is 0 Å². The van der Waals surface area contributed by atoms with E-state index in [1.807, 2.05) is 0 Å². The molecule has 0 aromatic heterocycles. The molecule has 0 amide bonds. The highest BCUT2D eigenvalue weighted by Crippen LogP contribution is 2.61. The Morgan fingerprint density at radius 1 is 1.27 bits per heavy atom. The molecule has 0 spiro atoms. The molecule has 0 aromatic rings. The second-order valence-corrected chi connectivity index (χ2v) is 4.97. The maximum atomic E-state index is 5.98. The van der Waals surface area contributed by atoms with Crippen LogP contribution in [0.2, 0.25) is 0 Å². The lowest BCUT2D eigenvalue weighted by atomic mass is 9.80. The Morgan fingerprint density at radius 2 is 1.73 bits per heavy atom. The molecule has 2 rings (SSSR count). The second-order valence-electron chi connectivity index (χ2n) is 4.97. The Labute approximate surface area is 68.1 Å². The van der Waals surface area contributed by atoms with Crippen molar-refractivity contribution in [3.63, 3.8) is 0 Å². The fourth-order valence-corrected chi connectivity index (χ4v) is 2.61. The molecule has 2 heteroatoms. The first-order valence-electron chi connectivity index (χ1n) is 4.32. The van der Waals surface area contributed by atoms with Gasteiger partial charge in [-0.2, -0.15) is 0 Å². The molecular weight excluding hydrogens is 138 g/mol. The fraction of sp³-hybridized carbons (Fsp3) is 1.00. The molecule has 64 valence electrons. The molecule has 1 saturated heterocycles. The molecule has 2 atom stereocenters. The van der Waals surface area contributed by atoms with Crippen LogP contribution in [0.3, 0.4) is 0 Å². The van der Waals surface area contributed by atoms with Crippen LogP contribution in [0.25, 0.3) is 0 Å². The van der Waals surface area contributed by atoms with Gasteiger partial charge < -0.3 is 10.5 Å². The van der Waals surface area contributed by atoms with Crippen molar-refractivity contribution in [1.82, 2.24) is 0 Å². The van der Waals surface area contributed by atoms with Crippen LogP contribution in [0.4, 0.5) is 0 Å². The number of hydrogen-bond acceptors (Lipinski definition) is 2. The summed E-state index contributed by atoms with van der Waals surface area (Å²) in [6.45, 7) is 8.62. The average molecular weight is 155 g/mol. The van der Waals surface area contributed by atoms with Crippen LogP contribution in [-0.2, 0) is 4.74 Å². The molecule has 0 bridgehead atoms. The van der Waals surface area contributed by atoms with Crippen LogP contribution in [0.5, 0.6) is 0 Å². The molecule has 1 aliphatic carbocycles. The minimum atomic E-state index is 0.360. The van der Waals surface area contributed by atoms with Crippen molar-refractivity contribution in [3.8, 4) is 0 Å². The zero-order chi connectivity index (χ0) is 8.28. The Balaban J connectivity index is 2.09. The maximum Gasteiger partial charge on any atom is 0.0545 e. The molecule has 1 heterocycles. The lowest BCUT2D eigenvalue weighted by Crippen LogP contribution is -2.43. The predicted octanol–water partition coefficient (Wildman–Crippen LogP) is 1.01. The third kappa shape index (κ3) is 0.798. The van der Waals surface area contributed by atoms with Crippen molar-refractivity contribution in [3.05, 3.63) is 0 Å². The van der Waals surface area contributed by atoms with Gasteiger partial charge in [0.15, 0.2) is 0 Å². The summed E-state index contributed by atoms with van der Waals surface area (Å²) in [4.78, 5) is 0. The van der Waals surface area contributed by atoms with Crippen LogP contribution in [0, 0.1) is 16.7 Å². The van der Waals surface area contributed by atoms with E-state index in [1.54, 1.807) is 0 Å². The van der Waals surface area contributed by atoms with Crippen molar-refractivity contribution >= 4 is 0 Å². The molecule has 2 N–H and O–H groups in total. The van der Waals surface area contributed by atoms with Gasteiger partial charge in [0.1, 0.15) is 0 Å². The van der Waals surface area contributed by atoms with E-state index in [0.29, 0.717) is 22.8 Å². The van der Waals surface area contributed by atoms with E-state index in [4.69, 9.17) is 10.5 Å². The van der Waals surface area contributed by atoms with E-state index in [9.17, 15) is 0 Å². The zero-order valence-electron chi connectivity index (χ0n) is 7.55. The maximum absolute atomic E-state index is 5.98. The van der Waals surface area contributed by atoms with E-state index < -0.39 is 0 Å². The number of rotatable bonds is 1. The van der Waals surface area contributed by atoms with E-state index in [1.165, 1.54) is 0 Å². The topological polar surface area (TPSA) is 35.2 Å². The van der Waals surface area contributed by atoms with E-state index in [-0.39, 0.29) is 0 Å². The van der Waals surface area contributed by atoms with Crippen LogP contribution in [0.1, 0.15) is 20.8 Å². The third-order valence-electron chi connectivity index (χ3n) is 3.53. The summed E-state index contributed by atoms with van der Waals surface area (Å²) in [5.41, 5.74) is 6.74. The van der Waals surface area contributed by atoms with Crippen LogP contribution in [0.15, 0.2) is 0 Å². The molecule has 2 aliphatic rings. The molecule has 0 unspecified atom stereocenters. The summed E-state index contributed by atoms with van der Waals surface area (Å²) >= 11 is 0. The molecule has 0 aromatic carbocycles. The monoisotopic (exact) mass is 155 g/mol. The first-order valence-corrected chi connectivity index (χ1v) is 4.32. The van der Waals surface area contributed by atoms with Gasteiger partial charge in [0.25, 0.3) is 0 Å². The standard InChI is InChI=1S/C9H17NO/c1-8(2)6(7(8)10)9(3)4-11-5-9/h6-7H,4-5,10H2,1-3H3/t6-,7-/m1/s1.